The fraction of sp³-hybridized carbons (Fsp3) is 1.00. The summed E-state index contributed by atoms with van der Waals surface area (Å²) in [6.07, 6.45) is -2.84. The zero-order valence-corrected chi connectivity index (χ0v) is 10.7. The molecule has 0 amide bonds. The van der Waals surface area contributed by atoms with Crippen LogP contribution in [-0.4, -0.2) is 18.8 Å². The molecule has 1 unspecified atom stereocenters. The molecule has 0 aliphatic heterocycles. The topological polar surface area (TPSA) is 12.0 Å². The Bertz CT molecular complexity index is 162. The van der Waals surface area contributed by atoms with Crippen LogP contribution in [0.3, 0.4) is 0 Å². The summed E-state index contributed by atoms with van der Waals surface area (Å²) in [4.78, 5) is 0. The molecule has 0 aromatic heterocycles. The third-order valence-corrected chi connectivity index (χ3v) is 2.47. The average molecular weight is 239 g/mol. The predicted molar refractivity (Wildman–Crippen MR) is 61.4 cm³/mol. The third-order valence-electron chi connectivity index (χ3n) is 2.47. The van der Waals surface area contributed by atoms with Gasteiger partial charge in [-0.15, -0.1) is 0 Å². The maximum Gasteiger partial charge on any atom is 0.389 e. The number of hydrogen-bond acceptors (Lipinski definition) is 1. The standard InChI is InChI=1S/C12H24F3N/c1-10(6-5-7-12(13,14)15)16-9-8-11(2,3)4/h10,16H,5-9H2,1-4H3. The van der Waals surface area contributed by atoms with Crippen molar-refractivity contribution in [2.45, 2.75) is 65.6 Å². The van der Waals surface area contributed by atoms with Crippen LogP contribution in [0.25, 0.3) is 0 Å². The van der Waals surface area contributed by atoms with Gasteiger partial charge < -0.3 is 5.32 Å². The summed E-state index contributed by atoms with van der Waals surface area (Å²) >= 11 is 0. The first-order valence-corrected chi connectivity index (χ1v) is 5.90. The second-order valence-corrected chi connectivity index (χ2v) is 5.67. The van der Waals surface area contributed by atoms with Crippen LogP contribution in [0.5, 0.6) is 0 Å². The van der Waals surface area contributed by atoms with Crippen molar-refractivity contribution in [1.29, 1.82) is 0 Å². The van der Waals surface area contributed by atoms with E-state index in [2.05, 4.69) is 26.1 Å². The molecule has 1 atom stereocenters. The van der Waals surface area contributed by atoms with E-state index in [0.29, 0.717) is 6.42 Å². The summed E-state index contributed by atoms with van der Waals surface area (Å²) in [6, 6.07) is 0.171. The van der Waals surface area contributed by atoms with Crippen LogP contribution < -0.4 is 5.32 Å². The van der Waals surface area contributed by atoms with Crippen LogP contribution in [0.2, 0.25) is 0 Å². The first-order valence-electron chi connectivity index (χ1n) is 5.90. The average Bonchev–Trinajstić information content (AvgIpc) is 1.98. The first kappa shape index (κ1) is 15.8. The van der Waals surface area contributed by atoms with Crippen molar-refractivity contribution in [3.05, 3.63) is 0 Å². The summed E-state index contributed by atoms with van der Waals surface area (Å²) in [6.45, 7) is 9.28. The Balaban J connectivity index is 3.49. The van der Waals surface area contributed by atoms with Gasteiger partial charge in [0, 0.05) is 12.5 Å². The van der Waals surface area contributed by atoms with E-state index in [1.54, 1.807) is 0 Å². The molecule has 0 aliphatic rings. The summed E-state index contributed by atoms with van der Waals surface area (Å²) in [5, 5.41) is 3.26. The highest BCUT2D eigenvalue weighted by molar-refractivity contribution is 4.67. The van der Waals surface area contributed by atoms with Crippen LogP contribution in [0, 0.1) is 5.41 Å². The molecular weight excluding hydrogens is 215 g/mol. The minimum Gasteiger partial charge on any atom is -0.314 e. The molecule has 0 rings (SSSR count). The van der Waals surface area contributed by atoms with Gasteiger partial charge >= 0.3 is 6.18 Å². The zero-order chi connectivity index (χ0) is 12.8. The molecule has 4 heteroatoms. The molecule has 0 aromatic rings. The number of alkyl halides is 3. The van der Waals surface area contributed by atoms with Gasteiger partial charge in [0.2, 0.25) is 0 Å². The van der Waals surface area contributed by atoms with Crippen molar-refractivity contribution in [2.24, 2.45) is 5.41 Å². The van der Waals surface area contributed by atoms with E-state index < -0.39 is 12.6 Å². The highest BCUT2D eigenvalue weighted by Gasteiger charge is 2.26. The predicted octanol–water partition coefficient (Wildman–Crippen LogP) is 4.13. The Hall–Kier alpha value is -0.250. The Morgan fingerprint density at radius 3 is 2.06 bits per heavy atom. The van der Waals surface area contributed by atoms with Crippen molar-refractivity contribution in [3.8, 4) is 0 Å². The van der Waals surface area contributed by atoms with Crippen LogP contribution in [0.1, 0.15) is 53.4 Å². The first-order chi connectivity index (χ1) is 7.10. The second kappa shape index (κ2) is 6.48. The van der Waals surface area contributed by atoms with Crippen LogP contribution in [0.4, 0.5) is 13.2 Å². The molecule has 0 aromatic carbocycles. The molecule has 0 saturated heterocycles. The maximum atomic E-state index is 11.9. The van der Waals surface area contributed by atoms with E-state index in [4.69, 9.17) is 0 Å². The zero-order valence-electron chi connectivity index (χ0n) is 10.7. The largest absolute Gasteiger partial charge is 0.389 e. The summed E-state index contributed by atoms with van der Waals surface area (Å²) in [5.41, 5.74) is 0.276. The maximum absolute atomic E-state index is 11.9. The van der Waals surface area contributed by atoms with Crippen molar-refractivity contribution in [2.75, 3.05) is 6.54 Å². The number of nitrogens with one attached hydrogen (secondary N) is 1. The lowest BCUT2D eigenvalue weighted by Crippen LogP contribution is -2.29. The van der Waals surface area contributed by atoms with E-state index >= 15 is 0 Å². The molecular formula is C12H24F3N. The molecule has 0 radical (unpaired) electrons. The SMILES string of the molecule is CC(CCCC(F)(F)F)NCCC(C)(C)C. The summed E-state index contributed by atoms with van der Waals surface area (Å²) in [7, 11) is 0. The van der Waals surface area contributed by atoms with E-state index in [-0.39, 0.29) is 17.9 Å². The lowest BCUT2D eigenvalue weighted by molar-refractivity contribution is -0.135. The van der Waals surface area contributed by atoms with Gasteiger partial charge in [-0.05, 0) is 38.1 Å². The molecule has 1 N–H and O–H groups in total. The second-order valence-electron chi connectivity index (χ2n) is 5.67. The van der Waals surface area contributed by atoms with Gasteiger partial charge in [0.1, 0.15) is 0 Å². The Kier molecular flexibility index (Phi) is 6.38. The van der Waals surface area contributed by atoms with Gasteiger partial charge in [-0.3, -0.25) is 0 Å². The summed E-state index contributed by atoms with van der Waals surface area (Å²) in [5.74, 6) is 0. The number of halogens is 3. The van der Waals surface area contributed by atoms with E-state index in [1.807, 2.05) is 6.92 Å². The van der Waals surface area contributed by atoms with Crippen LogP contribution in [-0.2, 0) is 0 Å². The minimum atomic E-state index is -4.01. The van der Waals surface area contributed by atoms with Gasteiger partial charge in [-0.1, -0.05) is 20.8 Å². The lowest BCUT2D eigenvalue weighted by Gasteiger charge is -2.20. The highest BCUT2D eigenvalue weighted by atomic mass is 19.4. The smallest absolute Gasteiger partial charge is 0.314 e. The normalized spacial score (nSPS) is 15.2. The fourth-order valence-electron chi connectivity index (χ4n) is 1.40. The Labute approximate surface area is 96.8 Å². The number of rotatable bonds is 6. The molecule has 0 spiro atoms. The summed E-state index contributed by atoms with van der Waals surface area (Å²) < 4.78 is 35.7. The van der Waals surface area contributed by atoms with Crippen molar-refractivity contribution in [3.63, 3.8) is 0 Å². The minimum absolute atomic E-state index is 0.171. The lowest BCUT2D eigenvalue weighted by atomic mass is 9.92. The van der Waals surface area contributed by atoms with Crippen LogP contribution >= 0.6 is 0 Å². The molecule has 1 nitrogen and oxygen atoms in total. The molecule has 0 bridgehead atoms. The highest BCUT2D eigenvalue weighted by Crippen LogP contribution is 2.22. The quantitative estimate of drug-likeness (QED) is 0.734. The molecule has 0 aliphatic carbocycles. The van der Waals surface area contributed by atoms with E-state index in [9.17, 15) is 13.2 Å². The molecule has 98 valence electrons. The molecule has 0 heterocycles. The van der Waals surface area contributed by atoms with Gasteiger partial charge in [0.25, 0.3) is 0 Å². The van der Waals surface area contributed by atoms with Gasteiger partial charge in [-0.2, -0.15) is 13.2 Å². The van der Waals surface area contributed by atoms with Crippen molar-refractivity contribution >= 4 is 0 Å². The van der Waals surface area contributed by atoms with Crippen LogP contribution in [0.15, 0.2) is 0 Å². The van der Waals surface area contributed by atoms with Crippen molar-refractivity contribution in [1.82, 2.24) is 5.32 Å². The third kappa shape index (κ3) is 11.8. The van der Waals surface area contributed by atoms with Crippen molar-refractivity contribution < 1.29 is 13.2 Å². The monoisotopic (exact) mass is 239 g/mol. The fourth-order valence-corrected chi connectivity index (χ4v) is 1.40. The Morgan fingerprint density at radius 1 is 1.06 bits per heavy atom. The molecule has 16 heavy (non-hydrogen) atoms. The van der Waals surface area contributed by atoms with E-state index in [0.717, 1.165) is 13.0 Å². The Morgan fingerprint density at radius 2 is 1.62 bits per heavy atom. The van der Waals surface area contributed by atoms with E-state index in [1.165, 1.54) is 0 Å². The van der Waals surface area contributed by atoms with Gasteiger partial charge in [0.05, 0.1) is 0 Å². The van der Waals surface area contributed by atoms with Gasteiger partial charge in [-0.25, -0.2) is 0 Å². The number of hydrogen-bond donors (Lipinski definition) is 1. The van der Waals surface area contributed by atoms with Gasteiger partial charge in [0.15, 0.2) is 0 Å². The molecule has 0 fully saturated rings. The molecule has 0 saturated carbocycles.